The highest BCUT2D eigenvalue weighted by Crippen LogP contribution is 2.26. The van der Waals surface area contributed by atoms with E-state index in [0.717, 1.165) is 31.6 Å². The lowest BCUT2D eigenvalue weighted by Crippen LogP contribution is -2.41. The topological polar surface area (TPSA) is 92.5 Å². The third-order valence-corrected chi connectivity index (χ3v) is 5.22. The fourth-order valence-electron chi connectivity index (χ4n) is 2.74. The highest BCUT2D eigenvalue weighted by molar-refractivity contribution is 7.89. The molecule has 1 aromatic rings. The monoisotopic (exact) mass is 325 g/mol. The van der Waals surface area contributed by atoms with Crippen LogP contribution in [0.15, 0.2) is 29.2 Å². The third kappa shape index (κ3) is 4.20. The van der Waals surface area contributed by atoms with E-state index in [1.807, 2.05) is 0 Å². The summed E-state index contributed by atoms with van der Waals surface area (Å²) in [5.41, 5.74) is 0.549. The number of carbonyl (C=O) groups excluding carboxylic acids is 1. The molecule has 1 saturated carbocycles. The Morgan fingerprint density at radius 2 is 1.73 bits per heavy atom. The largest absolute Gasteiger partial charge is 0.325 e. The second-order valence-electron chi connectivity index (χ2n) is 6.02. The normalized spacial score (nSPS) is 22.1. The minimum atomic E-state index is -3.71. The molecule has 0 atom stereocenters. The molecule has 0 spiro atoms. The summed E-state index contributed by atoms with van der Waals surface area (Å²) in [7, 11) is -1.91. The number of nitrogens with one attached hydrogen (secondary N) is 1. The Kier molecular flexibility index (Phi) is 5.08. The van der Waals surface area contributed by atoms with E-state index in [2.05, 4.69) is 12.2 Å². The van der Waals surface area contributed by atoms with E-state index in [-0.39, 0.29) is 17.0 Å². The maximum absolute atomic E-state index is 12.2. The first-order valence-corrected chi connectivity index (χ1v) is 8.98. The van der Waals surface area contributed by atoms with Gasteiger partial charge < -0.3 is 10.2 Å². The van der Waals surface area contributed by atoms with Crippen molar-refractivity contribution in [3.63, 3.8) is 0 Å². The molecule has 7 heteroatoms. The van der Waals surface area contributed by atoms with Crippen LogP contribution in [0.1, 0.15) is 32.6 Å². The summed E-state index contributed by atoms with van der Waals surface area (Å²) < 4.78 is 22.4. The lowest BCUT2D eigenvalue weighted by Gasteiger charge is -2.33. The van der Waals surface area contributed by atoms with Gasteiger partial charge in [-0.3, -0.25) is 0 Å². The third-order valence-electron chi connectivity index (χ3n) is 4.29. The fourth-order valence-corrected chi connectivity index (χ4v) is 3.25. The SMILES string of the molecule is CC1CCC(N(C)C(=O)Nc2ccc(S(N)(=O)=O)cc2)CC1. The predicted molar refractivity (Wildman–Crippen MR) is 86.0 cm³/mol. The Balaban J connectivity index is 1.96. The highest BCUT2D eigenvalue weighted by atomic mass is 32.2. The van der Waals surface area contributed by atoms with E-state index in [0.29, 0.717) is 5.69 Å². The summed E-state index contributed by atoms with van der Waals surface area (Å²) >= 11 is 0. The van der Waals surface area contributed by atoms with E-state index in [1.165, 1.54) is 24.3 Å². The Bertz CT molecular complexity index is 620. The van der Waals surface area contributed by atoms with Crippen molar-refractivity contribution in [3.05, 3.63) is 24.3 Å². The van der Waals surface area contributed by atoms with E-state index in [4.69, 9.17) is 5.14 Å². The van der Waals surface area contributed by atoms with E-state index in [1.54, 1.807) is 11.9 Å². The molecule has 0 heterocycles. The average molecular weight is 325 g/mol. The number of hydrogen-bond acceptors (Lipinski definition) is 3. The van der Waals surface area contributed by atoms with Crippen LogP contribution < -0.4 is 10.5 Å². The molecule has 0 unspecified atom stereocenters. The maximum Gasteiger partial charge on any atom is 0.321 e. The number of nitrogens with zero attached hydrogens (tertiary/aromatic N) is 1. The highest BCUT2D eigenvalue weighted by Gasteiger charge is 2.24. The quantitative estimate of drug-likeness (QED) is 0.893. The fraction of sp³-hybridized carbons (Fsp3) is 0.533. The summed E-state index contributed by atoms with van der Waals surface area (Å²) in [6.45, 7) is 2.24. The van der Waals surface area contributed by atoms with Crippen molar-refractivity contribution in [1.29, 1.82) is 0 Å². The number of nitrogens with two attached hydrogens (primary N) is 1. The maximum atomic E-state index is 12.2. The molecule has 2 amide bonds. The molecule has 1 fully saturated rings. The zero-order valence-electron chi connectivity index (χ0n) is 13.0. The molecular weight excluding hydrogens is 302 g/mol. The average Bonchev–Trinajstić information content (AvgIpc) is 2.47. The molecule has 3 N–H and O–H groups in total. The Morgan fingerprint density at radius 3 is 2.23 bits per heavy atom. The summed E-state index contributed by atoms with van der Waals surface area (Å²) in [6, 6.07) is 5.92. The molecular formula is C15H23N3O3S. The van der Waals surface area contributed by atoms with Gasteiger partial charge in [0.1, 0.15) is 0 Å². The van der Waals surface area contributed by atoms with E-state index >= 15 is 0 Å². The van der Waals surface area contributed by atoms with Crippen molar-refractivity contribution in [2.24, 2.45) is 11.1 Å². The molecule has 1 aliphatic rings. The van der Waals surface area contributed by atoms with Gasteiger partial charge in [-0.15, -0.1) is 0 Å². The van der Waals surface area contributed by atoms with Crippen LogP contribution in [0.5, 0.6) is 0 Å². The van der Waals surface area contributed by atoms with Gasteiger partial charge in [-0.25, -0.2) is 18.4 Å². The van der Waals surface area contributed by atoms with E-state index in [9.17, 15) is 13.2 Å². The number of benzene rings is 1. The first kappa shape index (κ1) is 16.8. The van der Waals surface area contributed by atoms with Crippen LogP contribution in [0, 0.1) is 5.92 Å². The number of anilines is 1. The number of carbonyl (C=O) groups is 1. The first-order valence-electron chi connectivity index (χ1n) is 7.44. The van der Waals surface area contributed by atoms with Crippen molar-refractivity contribution < 1.29 is 13.2 Å². The van der Waals surface area contributed by atoms with E-state index < -0.39 is 10.0 Å². The Morgan fingerprint density at radius 1 is 1.18 bits per heavy atom. The second kappa shape index (κ2) is 6.66. The molecule has 0 saturated heterocycles. The zero-order chi connectivity index (χ0) is 16.3. The van der Waals surface area contributed by atoms with Crippen molar-refractivity contribution >= 4 is 21.7 Å². The van der Waals surface area contributed by atoms with Gasteiger partial charge in [-0.1, -0.05) is 6.92 Å². The van der Waals surface area contributed by atoms with Crippen molar-refractivity contribution in [3.8, 4) is 0 Å². The number of sulfonamides is 1. The van der Waals surface area contributed by atoms with Gasteiger partial charge in [-0.2, -0.15) is 0 Å². The van der Waals surface area contributed by atoms with Crippen LogP contribution in [0.3, 0.4) is 0 Å². The number of urea groups is 1. The lowest BCUT2D eigenvalue weighted by molar-refractivity contribution is 0.175. The zero-order valence-corrected chi connectivity index (χ0v) is 13.8. The summed E-state index contributed by atoms with van der Waals surface area (Å²) in [4.78, 5) is 14.0. The Labute approximate surface area is 131 Å². The molecule has 0 aromatic heterocycles. The summed E-state index contributed by atoms with van der Waals surface area (Å²) in [5.74, 6) is 0.735. The van der Waals surface area contributed by atoms with Crippen molar-refractivity contribution in [1.82, 2.24) is 4.90 Å². The van der Waals surface area contributed by atoms with Crippen LogP contribution in [0.2, 0.25) is 0 Å². The number of rotatable bonds is 3. The first-order chi connectivity index (χ1) is 10.3. The lowest BCUT2D eigenvalue weighted by atomic mass is 9.87. The van der Waals surface area contributed by atoms with Crippen molar-refractivity contribution in [2.75, 3.05) is 12.4 Å². The molecule has 122 valence electrons. The molecule has 0 radical (unpaired) electrons. The van der Waals surface area contributed by atoms with Gasteiger partial charge in [0.05, 0.1) is 4.90 Å². The number of amides is 2. The second-order valence-corrected chi connectivity index (χ2v) is 7.59. The summed E-state index contributed by atoms with van der Waals surface area (Å²) in [5, 5.41) is 7.82. The minimum absolute atomic E-state index is 0.0279. The molecule has 0 aliphatic heterocycles. The minimum Gasteiger partial charge on any atom is -0.325 e. The molecule has 2 rings (SSSR count). The summed E-state index contributed by atoms with van der Waals surface area (Å²) in [6.07, 6.45) is 4.33. The molecule has 1 aliphatic carbocycles. The van der Waals surface area contributed by atoms with Crippen molar-refractivity contribution in [2.45, 2.75) is 43.5 Å². The van der Waals surface area contributed by atoms with Gasteiger partial charge >= 0.3 is 6.03 Å². The molecule has 0 bridgehead atoms. The smallest absolute Gasteiger partial charge is 0.321 e. The van der Waals surface area contributed by atoms with Crippen LogP contribution in [0.4, 0.5) is 10.5 Å². The standard InChI is InChI=1S/C15H23N3O3S/c1-11-3-7-13(8-4-11)18(2)15(19)17-12-5-9-14(10-6-12)22(16,20)21/h5-6,9-11,13H,3-4,7-8H2,1-2H3,(H,17,19)(H2,16,20,21). The molecule has 6 nitrogen and oxygen atoms in total. The predicted octanol–water partition coefficient (Wildman–Crippen LogP) is 2.38. The van der Waals surface area contributed by atoms with Gasteiger partial charge in [-0.05, 0) is 55.9 Å². The molecule has 1 aromatic carbocycles. The number of hydrogen-bond donors (Lipinski definition) is 2. The van der Waals surface area contributed by atoms with Crippen LogP contribution >= 0.6 is 0 Å². The van der Waals surface area contributed by atoms with Gasteiger partial charge in [0.25, 0.3) is 0 Å². The molecule has 22 heavy (non-hydrogen) atoms. The van der Waals surface area contributed by atoms with Crippen LogP contribution in [-0.4, -0.2) is 32.4 Å². The number of primary sulfonamides is 1. The Hall–Kier alpha value is -1.60. The van der Waals surface area contributed by atoms with Crippen LogP contribution in [-0.2, 0) is 10.0 Å². The van der Waals surface area contributed by atoms with Gasteiger partial charge in [0.15, 0.2) is 0 Å². The van der Waals surface area contributed by atoms with Gasteiger partial charge in [0.2, 0.25) is 10.0 Å². The van der Waals surface area contributed by atoms with Crippen LogP contribution in [0.25, 0.3) is 0 Å². The van der Waals surface area contributed by atoms with Gasteiger partial charge in [0, 0.05) is 18.8 Å².